The SMILES string of the molecule is CC(C)c1ccc(/C=C/C(=O)Nc2cccc(-c3noc(=O)[nH]3)c2)cc1. The second-order valence-corrected chi connectivity index (χ2v) is 6.17. The monoisotopic (exact) mass is 349 g/mol. The number of carbonyl (C=O) groups excluding carboxylic acids is 1. The molecule has 0 atom stereocenters. The number of benzene rings is 2. The van der Waals surface area contributed by atoms with Gasteiger partial charge in [-0.25, -0.2) is 4.79 Å². The van der Waals surface area contributed by atoms with E-state index in [0.29, 0.717) is 23.0 Å². The molecule has 0 unspecified atom stereocenters. The summed E-state index contributed by atoms with van der Waals surface area (Å²) in [5, 5.41) is 6.41. The van der Waals surface area contributed by atoms with Crippen LogP contribution in [0.15, 0.2) is 63.9 Å². The lowest BCUT2D eigenvalue weighted by molar-refractivity contribution is -0.111. The molecular weight excluding hydrogens is 330 g/mol. The molecule has 2 N–H and O–H groups in total. The van der Waals surface area contributed by atoms with E-state index in [0.717, 1.165) is 5.56 Å². The van der Waals surface area contributed by atoms with E-state index in [2.05, 4.69) is 46.0 Å². The highest BCUT2D eigenvalue weighted by Gasteiger charge is 2.06. The van der Waals surface area contributed by atoms with E-state index >= 15 is 0 Å². The first-order valence-corrected chi connectivity index (χ1v) is 8.27. The van der Waals surface area contributed by atoms with Gasteiger partial charge >= 0.3 is 5.76 Å². The largest absolute Gasteiger partial charge is 0.439 e. The van der Waals surface area contributed by atoms with Crippen molar-refractivity contribution in [3.63, 3.8) is 0 Å². The molecule has 0 aliphatic carbocycles. The molecule has 0 saturated carbocycles. The van der Waals surface area contributed by atoms with Crippen molar-refractivity contribution >= 4 is 17.7 Å². The van der Waals surface area contributed by atoms with Crippen molar-refractivity contribution in [2.24, 2.45) is 0 Å². The maximum Gasteiger partial charge on any atom is 0.439 e. The Morgan fingerprint density at radius 3 is 2.62 bits per heavy atom. The molecule has 0 saturated heterocycles. The van der Waals surface area contributed by atoms with Crippen LogP contribution in [0.4, 0.5) is 5.69 Å². The van der Waals surface area contributed by atoms with Crippen LogP contribution in [-0.4, -0.2) is 16.0 Å². The summed E-state index contributed by atoms with van der Waals surface area (Å²) in [6.45, 7) is 4.28. The Morgan fingerprint density at radius 2 is 1.96 bits per heavy atom. The van der Waals surface area contributed by atoms with Crippen LogP contribution in [0.25, 0.3) is 17.5 Å². The Morgan fingerprint density at radius 1 is 1.19 bits per heavy atom. The number of anilines is 1. The summed E-state index contributed by atoms with van der Waals surface area (Å²) < 4.78 is 4.49. The van der Waals surface area contributed by atoms with Crippen LogP contribution < -0.4 is 11.1 Å². The summed E-state index contributed by atoms with van der Waals surface area (Å²) >= 11 is 0. The van der Waals surface area contributed by atoms with Crippen molar-refractivity contribution in [2.75, 3.05) is 5.32 Å². The summed E-state index contributed by atoms with van der Waals surface area (Å²) in [4.78, 5) is 25.6. The molecule has 3 rings (SSSR count). The van der Waals surface area contributed by atoms with Gasteiger partial charge in [0.05, 0.1) is 0 Å². The van der Waals surface area contributed by atoms with Gasteiger partial charge in [-0.1, -0.05) is 55.4 Å². The topological polar surface area (TPSA) is 88.0 Å². The van der Waals surface area contributed by atoms with E-state index in [-0.39, 0.29) is 5.91 Å². The van der Waals surface area contributed by atoms with Crippen LogP contribution in [0.3, 0.4) is 0 Å². The number of hydrogen-bond donors (Lipinski definition) is 2. The highest BCUT2D eigenvalue weighted by Crippen LogP contribution is 2.19. The predicted octanol–water partition coefficient (Wildman–Crippen LogP) is 3.81. The Bertz CT molecular complexity index is 982. The van der Waals surface area contributed by atoms with Gasteiger partial charge in [0.1, 0.15) is 0 Å². The third kappa shape index (κ3) is 4.36. The summed E-state index contributed by atoms with van der Waals surface area (Å²) in [5.41, 5.74) is 3.45. The number of nitrogens with one attached hydrogen (secondary N) is 2. The minimum absolute atomic E-state index is 0.247. The first kappa shape index (κ1) is 17.4. The third-order valence-corrected chi connectivity index (χ3v) is 3.87. The average molecular weight is 349 g/mol. The lowest BCUT2D eigenvalue weighted by Crippen LogP contribution is -2.07. The van der Waals surface area contributed by atoms with Gasteiger partial charge in [0.2, 0.25) is 5.91 Å². The molecule has 0 aliphatic rings. The molecule has 132 valence electrons. The molecule has 2 aromatic carbocycles. The lowest BCUT2D eigenvalue weighted by atomic mass is 10.0. The summed E-state index contributed by atoms with van der Waals surface area (Å²) in [7, 11) is 0. The number of rotatable bonds is 5. The molecule has 0 radical (unpaired) electrons. The third-order valence-electron chi connectivity index (χ3n) is 3.87. The molecule has 6 nitrogen and oxygen atoms in total. The van der Waals surface area contributed by atoms with E-state index in [1.165, 1.54) is 11.6 Å². The van der Waals surface area contributed by atoms with Crippen molar-refractivity contribution < 1.29 is 9.32 Å². The molecule has 0 spiro atoms. The minimum atomic E-state index is -0.624. The summed E-state index contributed by atoms with van der Waals surface area (Å²) in [5.74, 6) is -0.0836. The molecular formula is C20H19N3O3. The van der Waals surface area contributed by atoms with E-state index in [4.69, 9.17) is 0 Å². The number of nitrogens with zero attached hydrogens (tertiary/aromatic N) is 1. The highest BCUT2D eigenvalue weighted by atomic mass is 16.5. The molecule has 26 heavy (non-hydrogen) atoms. The molecule has 1 aromatic heterocycles. The smallest absolute Gasteiger partial charge is 0.322 e. The molecule has 6 heteroatoms. The first-order valence-electron chi connectivity index (χ1n) is 8.27. The zero-order valence-corrected chi connectivity index (χ0v) is 14.5. The van der Waals surface area contributed by atoms with E-state index in [9.17, 15) is 9.59 Å². The lowest BCUT2D eigenvalue weighted by Gasteiger charge is -2.05. The second kappa shape index (κ2) is 7.65. The van der Waals surface area contributed by atoms with Crippen LogP contribution in [0.1, 0.15) is 30.9 Å². The molecule has 0 fully saturated rings. The number of hydrogen-bond acceptors (Lipinski definition) is 4. The van der Waals surface area contributed by atoms with Gasteiger partial charge in [0.25, 0.3) is 0 Å². The van der Waals surface area contributed by atoms with Gasteiger partial charge in [-0.2, -0.15) is 0 Å². The van der Waals surface area contributed by atoms with E-state index in [1.54, 1.807) is 30.3 Å². The van der Waals surface area contributed by atoms with Gasteiger partial charge in [-0.05, 0) is 35.3 Å². The highest BCUT2D eigenvalue weighted by molar-refractivity contribution is 6.02. The van der Waals surface area contributed by atoms with Crippen LogP contribution in [0.5, 0.6) is 0 Å². The molecule has 0 aliphatic heterocycles. The maximum atomic E-state index is 12.1. The second-order valence-electron chi connectivity index (χ2n) is 6.17. The zero-order chi connectivity index (χ0) is 18.5. The van der Waals surface area contributed by atoms with Gasteiger partial charge in [0, 0.05) is 17.3 Å². The standard InChI is InChI=1S/C20H19N3O3/c1-13(2)15-9-6-14(7-10-15)8-11-18(24)21-17-5-3-4-16(12-17)19-22-20(25)26-23-19/h3-13H,1-2H3,(H,21,24)(H,22,23,25)/b11-8+. The van der Waals surface area contributed by atoms with Crippen molar-refractivity contribution in [1.82, 2.24) is 10.1 Å². The fourth-order valence-electron chi connectivity index (χ4n) is 2.45. The minimum Gasteiger partial charge on any atom is -0.322 e. The number of H-pyrrole nitrogens is 1. The number of carbonyl (C=O) groups is 1. The van der Waals surface area contributed by atoms with Crippen molar-refractivity contribution in [1.29, 1.82) is 0 Å². The number of aromatic nitrogens is 2. The van der Waals surface area contributed by atoms with Gasteiger partial charge < -0.3 is 5.32 Å². The summed E-state index contributed by atoms with van der Waals surface area (Å²) in [6.07, 6.45) is 3.24. The fourth-order valence-corrected chi connectivity index (χ4v) is 2.45. The molecule has 3 aromatic rings. The number of aromatic amines is 1. The Balaban J connectivity index is 1.67. The van der Waals surface area contributed by atoms with Gasteiger partial charge in [0.15, 0.2) is 5.82 Å². The van der Waals surface area contributed by atoms with Crippen LogP contribution in [0.2, 0.25) is 0 Å². The van der Waals surface area contributed by atoms with Gasteiger partial charge in [-0.3, -0.25) is 14.3 Å². The van der Waals surface area contributed by atoms with Crippen LogP contribution in [0, 0.1) is 0 Å². The predicted molar refractivity (Wildman–Crippen MR) is 101 cm³/mol. The normalized spacial score (nSPS) is 11.2. The number of amides is 1. The van der Waals surface area contributed by atoms with Crippen molar-refractivity contribution in [3.05, 3.63) is 76.3 Å². The van der Waals surface area contributed by atoms with Gasteiger partial charge in [-0.15, -0.1) is 0 Å². The summed E-state index contributed by atoms with van der Waals surface area (Å²) in [6, 6.07) is 15.1. The Kier molecular flexibility index (Phi) is 5.12. The van der Waals surface area contributed by atoms with Crippen molar-refractivity contribution in [3.8, 4) is 11.4 Å². The van der Waals surface area contributed by atoms with Crippen LogP contribution in [-0.2, 0) is 4.79 Å². The fraction of sp³-hybridized carbons (Fsp3) is 0.150. The average Bonchev–Trinajstić information content (AvgIpc) is 3.07. The maximum absolute atomic E-state index is 12.1. The van der Waals surface area contributed by atoms with E-state index < -0.39 is 5.76 Å². The quantitative estimate of drug-likeness (QED) is 0.686. The van der Waals surface area contributed by atoms with E-state index in [1.807, 2.05) is 12.1 Å². The van der Waals surface area contributed by atoms with Crippen LogP contribution >= 0.6 is 0 Å². The molecule has 0 bridgehead atoms. The Labute approximate surface area is 150 Å². The Hall–Kier alpha value is -3.41. The molecule has 1 amide bonds. The zero-order valence-electron chi connectivity index (χ0n) is 14.5. The first-order chi connectivity index (χ1) is 12.5. The van der Waals surface area contributed by atoms with Crippen molar-refractivity contribution in [2.45, 2.75) is 19.8 Å². The molecule has 1 heterocycles.